The van der Waals surface area contributed by atoms with Crippen molar-refractivity contribution in [3.8, 4) is 0 Å². The summed E-state index contributed by atoms with van der Waals surface area (Å²) < 4.78 is 5.23. The molecule has 0 aliphatic rings. The van der Waals surface area contributed by atoms with Crippen LogP contribution < -0.4 is 0 Å². The molecule has 0 aromatic heterocycles. The first-order valence-electron chi connectivity index (χ1n) is 6.89. The summed E-state index contributed by atoms with van der Waals surface area (Å²) >= 11 is 0. The van der Waals surface area contributed by atoms with Crippen molar-refractivity contribution in [2.75, 3.05) is 6.61 Å². The second kappa shape index (κ2) is 9.18. The highest BCUT2D eigenvalue weighted by Crippen LogP contribution is 2.10. The van der Waals surface area contributed by atoms with Gasteiger partial charge in [-0.1, -0.05) is 43.7 Å². The van der Waals surface area contributed by atoms with Crippen molar-refractivity contribution >= 4 is 5.97 Å². The second-order valence-electron chi connectivity index (χ2n) is 4.39. The Balaban J connectivity index is 2.54. The summed E-state index contributed by atoms with van der Waals surface area (Å²) in [6.07, 6.45) is 5.20. The Morgan fingerprint density at radius 2 is 2.05 bits per heavy atom. The molecule has 0 unspecified atom stereocenters. The van der Waals surface area contributed by atoms with Crippen molar-refractivity contribution in [1.82, 2.24) is 0 Å². The zero-order chi connectivity index (χ0) is 13.9. The van der Waals surface area contributed by atoms with Crippen molar-refractivity contribution < 1.29 is 9.53 Å². The molecule has 0 amide bonds. The molecule has 0 atom stereocenters. The van der Waals surface area contributed by atoms with Crippen molar-refractivity contribution in [3.05, 3.63) is 53.3 Å². The third-order valence-electron chi connectivity index (χ3n) is 2.80. The van der Waals surface area contributed by atoms with E-state index in [4.69, 9.17) is 4.74 Å². The van der Waals surface area contributed by atoms with Gasteiger partial charge in [0.2, 0.25) is 0 Å². The van der Waals surface area contributed by atoms with Gasteiger partial charge in [-0.15, -0.1) is 5.73 Å². The number of ether oxygens (including phenoxy) is 1. The molecule has 1 aromatic carbocycles. The van der Waals surface area contributed by atoms with E-state index < -0.39 is 0 Å². The van der Waals surface area contributed by atoms with Gasteiger partial charge in [-0.05, 0) is 37.8 Å². The number of rotatable bonds is 7. The SMILES string of the molecule is CC=C=C(CCc1ccccc1)C(=O)OCCCC. The average molecular weight is 258 g/mol. The molecule has 0 heterocycles. The number of esters is 1. The molecular formula is C17H22O2. The van der Waals surface area contributed by atoms with Gasteiger partial charge in [-0.2, -0.15) is 0 Å². The van der Waals surface area contributed by atoms with E-state index in [9.17, 15) is 4.79 Å². The lowest BCUT2D eigenvalue weighted by Gasteiger charge is -2.06. The number of unbranched alkanes of at least 4 members (excludes halogenated alkanes) is 1. The molecule has 1 aromatic rings. The quantitative estimate of drug-likeness (QED) is 0.319. The third kappa shape index (κ3) is 6.08. The molecule has 1 rings (SSSR count). The van der Waals surface area contributed by atoms with Gasteiger partial charge in [0.1, 0.15) is 0 Å². The average Bonchev–Trinajstić information content (AvgIpc) is 2.44. The predicted molar refractivity (Wildman–Crippen MR) is 77.9 cm³/mol. The lowest BCUT2D eigenvalue weighted by Crippen LogP contribution is -2.09. The fourth-order valence-electron chi connectivity index (χ4n) is 1.72. The predicted octanol–water partition coefficient (Wildman–Crippen LogP) is 4.06. The molecule has 2 heteroatoms. The minimum Gasteiger partial charge on any atom is -0.462 e. The fourth-order valence-corrected chi connectivity index (χ4v) is 1.72. The zero-order valence-corrected chi connectivity index (χ0v) is 11.8. The summed E-state index contributed by atoms with van der Waals surface area (Å²) in [5, 5.41) is 0. The van der Waals surface area contributed by atoms with Crippen molar-refractivity contribution in [2.45, 2.75) is 39.5 Å². The molecule has 2 nitrogen and oxygen atoms in total. The van der Waals surface area contributed by atoms with Gasteiger partial charge in [0.15, 0.2) is 0 Å². The molecule has 102 valence electrons. The lowest BCUT2D eigenvalue weighted by molar-refractivity contribution is -0.139. The number of benzene rings is 1. The standard InChI is InChI=1S/C17H22O2/c1-3-5-14-19-17(18)16(9-4-2)13-12-15-10-7-6-8-11-15/h4,6-8,10-11H,3,5,12-14H2,1-2H3. The van der Waals surface area contributed by atoms with Crippen LogP contribution in [-0.4, -0.2) is 12.6 Å². The lowest BCUT2D eigenvalue weighted by atomic mass is 10.1. The Morgan fingerprint density at radius 1 is 1.32 bits per heavy atom. The molecule has 0 radical (unpaired) electrons. The molecule has 0 fully saturated rings. The first-order chi connectivity index (χ1) is 9.27. The van der Waals surface area contributed by atoms with Gasteiger partial charge >= 0.3 is 5.97 Å². The number of hydrogen-bond donors (Lipinski definition) is 0. The second-order valence-corrected chi connectivity index (χ2v) is 4.39. The Bertz CT molecular complexity index is 440. The highest BCUT2D eigenvalue weighted by atomic mass is 16.5. The summed E-state index contributed by atoms with van der Waals surface area (Å²) in [7, 11) is 0. The first-order valence-corrected chi connectivity index (χ1v) is 6.89. The Labute approximate surface area is 115 Å². The van der Waals surface area contributed by atoms with Crippen LogP contribution in [0.1, 0.15) is 38.7 Å². The van der Waals surface area contributed by atoms with E-state index in [1.165, 1.54) is 5.56 Å². The Hall–Kier alpha value is -1.79. The normalized spacial score (nSPS) is 9.58. The molecule has 0 N–H and O–H groups in total. The van der Waals surface area contributed by atoms with Crippen molar-refractivity contribution in [1.29, 1.82) is 0 Å². The van der Waals surface area contributed by atoms with E-state index in [1.807, 2.05) is 25.1 Å². The van der Waals surface area contributed by atoms with Gasteiger partial charge in [-0.25, -0.2) is 4.79 Å². The van der Waals surface area contributed by atoms with Crippen LogP contribution >= 0.6 is 0 Å². The maximum atomic E-state index is 11.9. The summed E-state index contributed by atoms with van der Waals surface area (Å²) in [5.74, 6) is -0.234. The number of aryl methyl sites for hydroxylation is 1. The van der Waals surface area contributed by atoms with Crippen LogP contribution in [0, 0.1) is 0 Å². The zero-order valence-electron chi connectivity index (χ0n) is 11.8. The number of carbonyl (C=O) groups is 1. The smallest absolute Gasteiger partial charge is 0.341 e. The van der Waals surface area contributed by atoms with E-state index >= 15 is 0 Å². The van der Waals surface area contributed by atoms with Crippen LogP contribution in [0.3, 0.4) is 0 Å². The summed E-state index contributed by atoms with van der Waals surface area (Å²) in [6, 6.07) is 10.1. The van der Waals surface area contributed by atoms with Crippen LogP contribution in [0.25, 0.3) is 0 Å². The van der Waals surface area contributed by atoms with E-state index in [2.05, 4.69) is 24.8 Å². The molecule has 0 spiro atoms. The van der Waals surface area contributed by atoms with E-state index in [-0.39, 0.29) is 5.97 Å². The van der Waals surface area contributed by atoms with Gasteiger partial charge in [0.05, 0.1) is 12.2 Å². The van der Waals surface area contributed by atoms with E-state index in [0.717, 1.165) is 19.3 Å². The van der Waals surface area contributed by atoms with Gasteiger partial charge in [0, 0.05) is 0 Å². The highest BCUT2D eigenvalue weighted by molar-refractivity contribution is 5.88. The maximum Gasteiger partial charge on any atom is 0.341 e. The van der Waals surface area contributed by atoms with Gasteiger partial charge < -0.3 is 4.74 Å². The number of carbonyl (C=O) groups excluding carboxylic acids is 1. The minimum absolute atomic E-state index is 0.234. The van der Waals surface area contributed by atoms with Crippen LogP contribution in [0.15, 0.2) is 47.7 Å². The van der Waals surface area contributed by atoms with E-state index in [1.54, 1.807) is 6.08 Å². The van der Waals surface area contributed by atoms with E-state index in [0.29, 0.717) is 18.6 Å². The van der Waals surface area contributed by atoms with Gasteiger partial charge in [0.25, 0.3) is 0 Å². The fraction of sp³-hybridized carbons (Fsp3) is 0.412. The first kappa shape index (κ1) is 15.3. The third-order valence-corrected chi connectivity index (χ3v) is 2.80. The van der Waals surface area contributed by atoms with Crippen LogP contribution in [0.2, 0.25) is 0 Å². The minimum atomic E-state index is -0.234. The maximum absolute atomic E-state index is 11.9. The van der Waals surface area contributed by atoms with Crippen LogP contribution in [0.4, 0.5) is 0 Å². The molecular weight excluding hydrogens is 236 g/mol. The summed E-state index contributed by atoms with van der Waals surface area (Å²) in [6.45, 7) is 4.43. The molecule has 0 saturated heterocycles. The highest BCUT2D eigenvalue weighted by Gasteiger charge is 2.10. The van der Waals surface area contributed by atoms with Gasteiger partial charge in [-0.3, -0.25) is 0 Å². The molecule has 19 heavy (non-hydrogen) atoms. The molecule has 0 bridgehead atoms. The molecule has 0 saturated carbocycles. The molecule has 0 aliphatic heterocycles. The number of hydrogen-bond acceptors (Lipinski definition) is 2. The van der Waals surface area contributed by atoms with Crippen molar-refractivity contribution in [2.24, 2.45) is 0 Å². The van der Waals surface area contributed by atoms with Crippen LogP contribution in [0.5, 0.6) is 0 Å². The monoisotopic (exact) mass is 258 g/mol. The van der Waals surface area contributed by atoms with Crippen LogP contribution in [-0.2, 0) is 16.0 Å². The Kier molecular flexibility index (Phi) is 7.38. The summed E-state index contributed by atoms with van der Waals surface area (Å²) in [4.78, 5) is 11.9. The molecule has 0 aliphatic carbocycles. The summed E-state index contributed by atoms with van der Waals surface area (Å²) in [5.41, 5.74) is 4.85. The topological polar surface area (TPSA) is 26.3 Å². The largest absolute Gasteiger partial charge is 0.462 e. The van der Waals surface area contributed by atoms with Crippen molar-refractivity contribution in [3.63, 3.8) is 0 Å². The Morgan fingerprint density at radius 3 is 2.68 bits per heavy atom.